The van der Waals surface area contributed by atoms with Crippen LogP contribution in [0.3, 0.4) is 0 Å². The van der Waals surface area contributed by atoms with E-state index in [0.29, 0.717) is 11.4 Å². The fourth-order valence-corrected chi connectivity index (χ4v) is 2.86. The van der Waals surface area contributed by atoms with E-state index < -0.39 is 0 Å². The van der Waals surface area contributed by atoms with Crippen LogP contribution < -0.4 is 10.1 Å². The number of amides is 2. The minimum atomic E-state index is -0.0543. The van der Waals surface area contributed by atoms with Gasteiger partial charge in [0.1, 0.15) is 5.75 Å². The zero-order valence-corrected chi connectivity index (χ0v) is 13.4. The lowest BCUT2D eigenvalue weighted by Crippen LogP contribution is -2.44. The standard InChI is InChI=1S/C19H22N2O2/c1-15-9-7-8-14-21(15)19(22)20-17-12-5-6-13-18(17)23-16-10-3-2-4-11-16/h2-6,10-13,15H,7-9,14H2,1H3,(H,20,22). The largest absolute Gasteiger partial charge is 0.455 e. The number of benzene rings is 2. The molecule has 4 nitrogen and oxygen atoms in total. The Balaban J connectivity index is 1.74. The molecule has 0 radical (unpaired) electrons. The molecule has 1 fully saturated rings. The Hall–Kier alpha value is -2.49. The maximum absolute atomic E-state index is 12.5. The van der Waals surface area contributed by atoms with Crippen molar-refractivity contribution in [3.63, 3.8) is 0 Å². The lowest BCUT2D eigenvalue weighted by atomic mass is 10.0. The third kappa shape index (κ3) is 3.83. The third-order valence-corrected chi connectivity index (χ3v) is 4.16. The molecule has 0 saturated carbocycles. The third-order valence-electron chi connectivity index (χ3n) is 4.16. The minimum Gasteiger partial charge on any atom is -0.455 e. The van der Waals surface area contributed by atoms with Gasteiger partial charge in [-0.3, -0.25) is 0 Å². The van der Waals surface area contributed by atoms with E-state index in [1.165, 1.54) is 6.42 Å². The molecule has 0 spiro atoms. The van der Waals surface area contributed by atoms with Gasteiger partial charge < -0.3 is 15.0 Å². The molecule has 1 saturated heterocycles. The second kappa shape index (κ2) is 7.18. The molecule has 23 heavy (non-hydrogen) atoms. The average molecular weight is 310 g/mol. The Bertz CT molecular complexity index is 657. The molecule has 0 aliphatic carbocycles. The smallest absolute Gasteiger partial charge is 0.322 e. The molecule has 2 aromatic carbocycles. The number of hydrogen-bond acceptors (Lipinski definition) is 2. The van der Waals surface area contributed by atoms with E-state index in [0.717, 1.165) is 25.1 Å². The maximum atomic E-state index is 12.5. The van der Waals surface area contributed by atoms with Crippen LogP contribution in [-0.2, 0) is 0 Å². The Morgan fingerprint density at radius 1 is 1.09 bits per heavy atom. The molecule has 2 aromatic rings. The first-order valence-electron chi connectivity index (χ1n) is 8.13. The summed E-state index contributed by atoms with van der Waals surface area (Å²) in [5.41, 5.74) is 0.694. The normalized spacial score (nSPS) is 17.6. The number of carbonyl (C=O) groups is 1. The molecule has 1 aliphatic heterocycles. The van der Waals surface area contributed by atoms with Crippen LogP contribution in [0.25, 0.3) is 0 Å². The number of piperidine rings is 1. The fourth-order valence-electron chi connectivity index (χ4n) is 2.86. The molecule has 4 heteroatoms. The van der Waals surface area contributed by atoms with Crippen LogP contribution in [-0.4, -0.2) is 23.5 Å². The van der Waals surface area contributed by atoms with Crippen molar-refractivity contribution in [1.29, 1.82) is 0 Å². The van der Waals surface area contributed by atoms with Gasteiger partial charge in [0.15, 0.2) is 5.75 Å². The molecule has 0 aromatic heterocycles. The fraction of sp³-hybridized carbons (Fsp3) is 0.316. The number of carbonyl (C=O) groups excluding carboxylic acids is 1. The highest BCUT2D eigenvalue weighted by molar-refractivity contribution is 5.91. The summed E-state index contributed by atoms with van der Waals surface area (Å²) in [5, 5.41) is 2.99. The van der Waals surface area contributed by atoms with E-state index in [1.54, 1.807) is 0 Å². The maximum Gasteiger partial charge on any atom is 0.322 e. The van der Waals surface area contributed by atoms with Gasteiger partial charge in [0, 0.05) is 12.6 Å². The Morgan fingerprint density at radius 2 is 1.83 bits per heavy atom. The van der Waals surface area contributed by atoms with Crippen LogP contribution in [0.2, 0.25) is 0 Å². The van der Waals surface area contributed by atoms with Crippen molar-refractivity contribution in [3.8, 4) is 11.5 Å². The number of para-hydroxylation sites is 3. The molecule has 1 N–H and O–H groups in total. The first kappa shape index (κ1) is 15.4. The molecule has 3 rings (SSSR count). The highest BCUT2D eigenvalue weighted by Crippen LogP contribution is 2.29. The van der Waals surface area contributed by atoms with Gasteiger partial charge in [-0.25, -0.2) is 4.79 Å². The van der Waals surface area contributed by atoms with E-state index in [-0.39, 0.29) is 12.1 Å². The Labute approximate surface area is 137 Å². The van der Waals surface area contributed by atoms with E-state index in [1.807, 2.05) is 59.5 Å². The zero-order chi connectivity index (χ0) is 16.1. The number of urea groups is 1. The summed E-state index contributed by atoms with van der Waals surface area (Å²) in [5.74, 6) is 1.40. The highest BCUT2D eigenvalue weighted by atomic mass is 16.5. The van der Waals surface area contributed by atoms with Gasteiger partial charge in [-0.15, -0.1) is 0 Å². The van der Waals surface area contributed by atoms with Gasteiger partial charge in [0.2, 0.25) is 0 Å². The van der Waals surface area contributed by atoms with Crippen LogP contribution in [0.1, 0.15) is 26.2 Å². The van der Waals surface area contributed by atoms with E-state index >= 15 is 0 Å². The van der Waals surface area contributed by atoms with Crippen molar-refractivity contribution in [2.45, 2.75) is 32.2 Å². The number of rotatable bonds is 3. The predicted octanol–water partition coefficient (Wildman–Crippen LogP) is 4.89. The number of ether oxygens (including phenoxy) is 1. The quantitative estimate of drug-likeness (QED) is 0.877. The highest BCUT2D eigenvalue weighted by Gasteiger charge is 2.23. The second-order valence-electron chi connectivity index (χ2n) is 5.88. The number of anilines is 1. The van der Waals surface area contributed by atoms with Crippen LogP contribution >= 0.6 is 0 Å². The van der Waals surface area contributed by atoms with Crippen molar-refractivity contribution >= 4 is 11.7 Å². The Morgan fingerprint density at radius 3 is 2.61 bits per heavy atom. The SMILES string of the molecule is CC1CCCCN1C(=O)Nc1ccccc1Oc1ccccc1. The van der Waals surface area contributed by atoms with Gasteiger partial charge in [-0.2, -0.15) is 0 Å². The van der Waals surface area contributed by atoms with Crippen LogP contribution in [0.15, 0.2) is 54.6 Å². The molecule has 1 atom stereocenters. The molecular weight excluding hydrogens is 288 g/mol. The summed E-state index contributed by atoms with van der Waals surface area (Å²) in [6, 6.07) is 17.3. The molecule has 2 amide bonds. The number of likely N-dealkylation sites (tertiary alicyclic amines) is 1. The molecule has 120 valence electrons. The number of nitrogens with one attached hydrogen (secondary N) is 1. The second-order valence-corrected chi connectivity index (χ2v) is 5.88. The first-order valence-corrected chi connectivity index (χ1v) is 8.13. The van der Waals surface area contributed by atoms with Crippen molar-refractivity contribution in [2.75, 3.05) is 11.9 Å². The van der Waals surface area contributed by atoms with Gasteiger partial charge >= 0.3 is 6.03 Å². The summed E-state index contributed by atoms with van der Waals surface area (Å²) in [6.07, 6.45) is 3.33. The number of hydrogen-bond donors (Lipinski definition) is 1. The molecule has 1 heterocycles. The molecule has 1 unspecified atom stereocenters. The van der Waals surface area contributed by atoms with E-state index in [4.69, 9.17) is 4.74 Å². The van der Waals surface area contributed by atoms with Crippen molar-refractivity contribution in [2.24, 2.45) is 0 Å². The van der Waals surface area contributed by atoms with Gasteiger partial charge in [-0.1, -0.05) is 30.3 Å². The lowest BCUT2D eigenvalue weighted by molar-refractivity contribution is 0.170. The summed E-state index contributed by atoms with van der Waals surface area (Å²) < 4.78 is 5.89. The zero-order valence-electron chi connectivity index (χ0n) is 13.4. The summed E-state index contributed by atoms with van der Waals surface area (Å²) in [4.78, 5) is 14.4. The van der Waals surface area contributed by atoms with Gasteiger partial charge in [0.05, 0.1) is 5.69 Å². The van der Waals surface area contributed by atoms with Crippen LogP contribution in [0, 0.1) is 0 Å². The topological polar surface area (TPSA) is 41.6 Å². The number of nitrogens with zero attached hydrogens (tertiary/aromatic N) is 1. The van der Waals surface area contributed by atoms with Crippen LogP contribution in [0.5, 0.6) is 11.5 Å². The molecular formula is C19H22N2O2. The first-order chi connectivity index (χ1) is 11.2. The van der Waals surface area contributed by atoms with Gasteiger partial charge in [0.25, 0.3) is 0 Å². The Kier molecular flexibility index (Phi) is 4.81. The average Bonchev–Trinajstić information content (AvgIpc) is 2.58. The minimum absolute atomic E-state index is 0.0543. The summed E-state index contributed by atoms with van der Waals surface area (Å²) >= 11 is 0. The molecule has 0 bridgehead atoms. The molecule has 1 aliphatic rings. The predicted molar refractivity (Wildman–Crippen MR) is 92.0 cm³/mol. The van der Waals surface area contributed by atoms with Crippen molar-refractivity contribution in [3.05, 3.63) is 54.6 Å². The van der Waals surface area contributed by atoms with Crippen molar-refractivity contribution in [1.82, 2.24) is 4.90 Å². The van der Waals surface area contributed by atoms with Crippen molar-refractivity contribution < 1.29 is 9.53 Å². The summed E-state index contributed by atoms with van der Waals surface area (Å²) in [6.45, 7) is 2.92. The monoisotopic (exact) mass is 310 g/mol. The van der Waals surface area contributed by atoms with E-state index in [9.17, 15) is 4.79 Å². The van der Waals surface area contributed by atoms with E-state index in [2.05, 4.69) is 12.2 Å². The van der Waals surface area contributed by atoms with Gasteiger partial charge in [-0.05, 0) is 50.5 Å². The summed E-state index contributed by atoms with van der Waals surface area (Å²) in [7, 11) is 0. The van der Waals surface area contributed by atoms with Crippen LogP contribution in [0.4, 0.5) is 10.5 Å². The lowest BCUT2D eigenvalue weighted by Gasteiger charge is -2.33.